The number of hydrogen-bond donors (Lipinski definition) is 1. The molecule has 4 nitrogen and oxygen atoms in total. The highest BCUT2D eigenvalue weighted by atomic mass is 16.5. The van der Waals surface area contributed by atoms with E-state index >= 15 is 0 Å². The van der Waals surface area contributed by atoms with Crippen molar-refractivity contribution in [2.45, 2.75) is 19.7 Å². The summed E-state index contributed by atoms with van der Waals surface area (Å²) in [7, 11) is 0. The van der Waals surface area contributed by atoms with E-state index in [1.165, 1.54) is 5.56 Å². The maximum atomic E-state index is 5.80. The number of nitrogens with one attached hydrogen (secondary N) is 1. The molecule has 2 aromatic carbocycles. The molecule has 1 aromatic heterocycles. The van der Waals surface area contributed by atoms with Gasteiger partial charge in [0.05, 0.1) is 6.33 Å². The summed E-state index contributed by atoms with van der Waals surface area (Å²) < 4.78 is 7.78. The monoisotopic (exact) mass is 293 g/mol. The van der Waals surface area contributed by atoms with Crippen molar-refractivity contribution in [2.24, 2.45) is 0 Å². The van der Waals surface area contributed by atoms with E-state index in [4.69, 9.17) is 4.74 Å². The Morgan fingerprint density at radius 1 is 1.09 bits per heavy atom. The Morgan fingerprint density at radius 2 is 1.86 bits per heavy atom. The lowest BCUT2D eigenvalue weighted by Gasteiger charge is -2.16. The third-order valence-electron chi connectivity index (χ3n) is 3.39. The van der Waals surface area contributed by atoms with E-state index in [1.54, 1.807) is 12.5 Å². The first kappa shape index (κ1) is 14.4. The number of imidazole rings is 1. The molecule has 0 spiro atoms. The normalized spacial score (nSPS) is 12.0. The summed E-state index contributed by atoms with van der Waals surface area (Å²) in [5.74, 6) is 0.873. The molecule has 3 aromatic rings. The van der Waals surface area contributed by atoms with Crippen LogP contribution < -0.4 is 10.1 Å². The quantitative estimate of drug-likeness (QED) is 0.708. The van der Waals surface area contributed by atoms with Gasteiger partial charge in [-0.2, -0.15) is 0 Å². The van der Waals surface area contributed by atoms with E-state index in [-0.39, 0.29) is 6.23 Å². The second-order valence-corrected chi connectivity index (χ2v) is 5.09. The highest BCUT2D eigenvalue weighted by Crippen LogP contribution is 2.11. The lowest BCUT2D eigenvalue weighted by atomic mass is 10.2. The molecule has 1 heterocycles. The molecular formula is C18H19N3O. The highest BCUT2D eigenvalue weighted by molar-refractivity contribution is 5.34. The van der Waals surface area contributed by atoms with E-state index in [0.717, 1.165) is 18.0 Å². The van der Waals surface area contributed by atoms with E-state index in [1.807, 2.05) is 48.0 Å². The Balaban J connectivity index is 1.53. The highest BCUT2D eigenvalue weighted by Gasteiger charge is 2.03. The van der Waals surface area contributed by atoms with Gasteiger partial charge < -0.3 is 9.30 Å². The van der Waals surface area contributed by atoms with Crippen LogP contribution in [0.1, 0.15) is 12.5 Å². The maximum Gasteiger partial charge on any atom is 0.147 e. The second-order valence-electron chi connectivity index (χ2n) is 5.09. The summed E-state index contributed by atoms with van der Waals surface area (Å²) in [6.07, 6.45) is 5.46. The standard InChI is InChI=1S/C18H19N3O/c1-15(22-18-5-3-2-4-6-18)20-13-16-7-9-17(10-8-16)21-12-11-19-14-21/h2-12,14-15,20H,13H2,1H3. The van der Waals surface area contributed by atoms with Gasteiger partial charge in [-0.15, -0.1) is 0 Å². The Morgan fingerprint density at radius 3 is 2.55 bits per heavy atom. The van der Waals surface area contributed by atoms with Gasteiger partial charge in [0.15, 0.2) is 0 Å². The van der Waals surface area contributed by atoms with Gasteiger partial charge in [0.1, 0.15) is 12.0 Å². The van der Waals surface area contributed by atoms with Crippen molar-refractivity contribution in [3.8, 4) is 11.4 Å². The minimum Gasteiger partial charge on any atom is -0.476 e. The Kier molecular flexibility index (Phi) is 4.51. The molecule has 4 heteroatoms. The average Bonchev–Trinajstić information content (AvgIpc) is 3.09. The van der Waals surface area contributed by atoms with Crippen LogP contribution in [0, 0.1) is 0 Å². The molecule has 0 bridgehead atoms. The van der Waals surface area contributed by atoms with Gasteiger partial charge in [-0.3, -0.25) is 5.32 Å². The van der Waals surface area contributed by atoms with E-state index in [9.17, 15) is 0 Å². The molecule has 0 radical (unpaired) electrons. The van der Waals surface area contributed by atoms with Gasteiger partial charge in [0.2, 0.25) is 0 Å². The first-order valence-corrected chi connectivity index (χ1v) is 7.33. The smallest absolute Gasteiger partial charge is 0.147 e. The minimum atomic E-state index is -0.0456. The lowest BCUT2D eigenvalue weighted by Crippen LogP contribution is -2.30. The van der Waals surface area contributed by atoms with Gasteiger partial charge in [-0.05, 0) is 36.8 Å². The summed E-state index contributed by atoms with van der Waals surface area (Å²) >= 11 is 0. The van der Waals surface area contributed by atoms with Crippen molar-refractivity contribution >= 4 is 0 Å². The summed E-state index contributed by atoms with van der Waals surface area (Å²) in [6, 6.07) is 18.2. The fourth-order valence-corrected chi connectivity index (χ4v) is 2.20. The average molecular weight is 293 g/mol. The number of ether oxygens (including phenoxy) is 1. The van der Waals surface area contributed by atoms with Crippen LogP contribution in [0.2, 0.25) is 0 Å². The van der Waals surface area contributed by atoms with Crippen LogP contribution in [-0.2, 0) is 6.54 Å². The molecule has 0 saturated carbocycles. The van der Waals surface area contributed by atoms with Crippen LogP contribution in [0.3, 0.4) is 0 Å². The minimum absolute atomic E-state index is 0.0456. The zero-order valence-electron chi connectivity index (χ0n) is 12.5. The molecule has 1 N–H and O–H groups in total. The van der Waals surface area contributed by atoms with Crippen LogP contribution in [0.5, 0.6) is 5.75 Å². The predicted molar refractivity (Wildman–Crippen MR) is 86.9 cm³/mol. The van der Waals surface area contributed by atoms with Crippen molar-refractivity contribution in [2.75, 3.05) is 0 Å². The van der Waals surface area contributed by atoms with E-state index in [0.29, 0.717) is 0 Å². The molecule has 0 fully saturated rings. The molecule has 22 heavy (non-hydrogen) atoms. The van der Waals surface area contributed by atoms with Crippen molar-refractivity contribution in [1.29, 1.82) is 0 Å². The number of rotatable bonds is 6. The Hall–Kier alpha value is -2.59. The van der Waals surface area contributed by atoms with Crippen LogP contribution in [0.4, 0.5) is 0 Å². The molecule has 0 aliphatic carbocycles. The molecule has 0 aliphatic rings. The summed E-state index contributed by atoms with van der Waals surface area (Å²) in [6.45, 7) is 2.77. The van der Waals surface area contributed by atoms with Crippen molar-refractivity contribution in [3.05, 3.63) is 78.9 Å². The summed E-state index contributed by atoms with van der Waals surface area (Å²) in [4.78, 5) is 4.05. The maximum absolute atomic E-state index is 5.80. The SMILES string of the molecule is CC(NCc1ccc(-n2ccnc2)cc1)Oc1ccccc1. The van der Waals surface area contributed by atoms with Gasteiger partial charge in [-0.25, -0.2) is 4.98 Å². The van der Waals surface area contributed by atoms with E-state index < -0.39 is 0 Å². The zero-order valence-corrected chi connectivity index (χ0v) is 12.5. The fourth-order valence-electron chi connectivity index (χ4n) is 2.20. The van der Waals surface area contributed by atoms with Crippen molar-refractivity contribution in [1.82, 2.24) is 14.9 Å². The molecule has 1 unspecified atom stereocenters. The molecule has 0 saturated heterocycles. The molecule has 3 rings (SSSR count). The first-order valence-electron chi connectivity index (χ1n) is 7.33. The summed E-state index contributed by atoms with van der Waals surface area (Å²) in [5, 5.41) is 3.36. The van der Waals surface area contributed by atoms with Crippen LogP contribution >= 0.6 is 0 Å². The number of benzene rings is 2. The van der Waals surface area contributed by atoms with Crippen LogP contribution in [-0.4, -0.2) is 15.8 Å². The molecule has 0 aliphatic heterocycles. The zero-order chi connectivity index (χ0) is 15.2. The third kappa shape index (κ3) is 3.74. The molecule has 0 amide bonds. The second kappa shape index (κ2) is 6.91. The number of nitrogens with zero attached hydrogens (tertiary/aromatic N) is 2. The number of aromatic nitrogens is 2. The number of para-hydroxylation sites is 1. The Bertz CT molecular complexity index is 678. The van der Waals surface area contributed by atoms with Gasteiger partial charge in [-0.1, -0.05) is 30.3 Å². The fraction of sp³-hybridized carbons (Fsp3) is 0.167. The van der Waals surface area contributed by atoms with E-state index in [2.05, 4.69) is 34.6 Å². The van der Waals surface area contributed by atoms with Gasteiger partial charge in [0.25, 0.3) is 0 Å². The topological polar surface area (TPSA) is 39.1 Å². The van der Waals surface area contributed by atoms with Crippen LogP contribution in [0.15, 0.2) is 73.3 Å². The molecule has 112 valence electrons. The van der Waals surface area contributed by atoms with Crippen LogP contribution in [0.25, 0.3) is 5.69 Å². The number of hydrogen-bond acceptors (Lipinski definition) is 3. The van der Waals surface area contributed by atoms with Gasteiger partial charge >= 0.3 is 0 Å². The lowest BCUT2D eigenvalue weighted by molar-refractivity contribution is 0.181. The Labute approximate surface area is 130 Å². The van der Waals surface area contributed by atoms with Crippen molar-refractivity contribution in [3.63, 3.8) is 0 Å². The first-order chi connectivity index (χ1) is 10.8. The largest absolute Gasteiger partial charge is 0.476 e. The van der Waals surface area contributed by atoms with Crippen molar-refractivity contribution < 1.29 is 4.74 Å². The molecule has 1 atom stereocenters. The third-order valence-corrected chi connectivity index (χ3v) is 3.39. The predicted octanol–water partition coefficient (Wildman–Crippen LogP) is 3.39. The summed E-state index contributed by atoms with van der Waals surface area (Å²) in [5.41, 5.74) is 2.32. The molecular weight excluding hydrogens is 274 g/mol. The van der Waals surface area contributed by atoms with Gasteiger partial charge in [0, 0.05) is 24.6 Å².